The molecule has 0 N–H and O–H groups in total. The van der Waals surface area contributed by atoms with E-state index in [-0.39, 0.29) is 11.8 Å². The number of hydrogen-bond donors (Lipinski definition) is 0. The van der Waals surface area contributed by atoms with Gasteiger partial charge in [-0.2, -0.15) is 0 Å². The smallest absolute Gasteiger partial charge is 0.134 e. The Morgan fingerprint density at radius 3 is 1.31 bits per heavy atom. The largest absolute Gasteiger partial charge is 0.464 e. The van der Waals surface area contributed by atoms with Gasteiger partial charge in [0, 0.05) is 66.5 Å². The summed E-state index contributed by atoms with van der Waals surface area (Å²) in [6, 6.07) is 144. The molecule has 1 aliphatic carbocycles. The van der Waals surface area contributed by atoms with E-state index in [0.29, 0.717) is 0 Å². The van der Waals surface area contributed by atoms with Crippen molar-refractivity contribution in [2.75, 3.05) is 9.80 Å². The molecule has 3 nitrogen and oxygen atoms in total. The Morgan fingerprint density at radius 1 is 0.342 bits per heavy atom. The van der Waals surface area contributed by atoms with E-state index in [1.54, 1.807) is 0 Å². The van der Waals surface area contributed by atoms with Crippen LogP contribution in [-0.2, 0) is 6.42 Å². The lowest BCUT2D eigenvalue weighted by Gasteiger charge is -2.27. The van der Waals surface area contributed by atoms with Gasteiger partial charge in [-0.05, 0) is 287 Å². The Hall–Kier alpha value is -14.9. The maximum Gasteiger partial charge on any atom is 0.134 e. The van der Waals surface area contributed by atoms with Crippen LogP contribution in [0.2, 0.25) is 0 Å². The van der Waals surface area contributed by atoms with E-state index >= 15 is 0 Å². The molecule has 0 bridgehead atoms. The Bertz CT molecular complexity index is 7670. The summed E-state index contributed by atoms with van der Waals surface area (Å²) in [6.07, 6.45) is 14.1. The number of thiophene rings is 1. The fraction of sp³-hybridized carbons (Fsp3) is 0.0345. The highest BCUT2D eigenvalue weighted by molar-refractivity contribution is 7.20. The van der Waals surface area contributed by atoms with Crippen molar-refractivity contribution in [1.29, 1.82) is 0 Å². The van der Waals surface area contributed by atoms with Crippen LogP contribution in [0.4, 0.5) is 34.1 Å². The van der Waals surface area contributed by atoms with E-state index in [2.05, 4.69) is 411 Å². The van der Waals surface area contributed by atoms with Gasteiger partial charge in [0.25, 0.3) is 0 Å². The summed E-state index contributed by atoms with van der Waals surface area (Å²) in [7, 11) is 0. The van der Waals surface area contributed by atoms with Crippen LogP contribution in [0.3, 0.4) is 0 Å². The minimum atomic E-state index is 0.0842. The van der Waals surface area contributed by atoms with Gasteiger partial charge in [-0.15, -0.1) is 17.9 Å². The zero-order valence-electron chi connectivity index (χ0n) is 66.1. The monoisotopic (exact) mass is 1550 g/mol. The molecule has 120 heavy (non-hydrogen) atoms. The average Bonchev–Trinajstić information content (AvgIpc) is 1.58. The van der Waals surface area contributed by atoms with E-state index in [1.165, 1.54) is 157 Å². The first-order valence-electron chi connectivity index (χ1n) is 41.5. The first-order valence-corrected chi connectivity index (χ1v) is 42.3. The molecule has 0 aliphatic heterocycles. The Balaban J connectivity index is 0.596. The van der Waals surface area contributed by atoms with Crippen LogP contribution in [-0.4, -0.2) is 0 Å². The fourth-order valence-electron chi connectivity index (χ4n) is 18.8. The molecule has 19 aromatic carbocycles. The van der Waals surface area contributed by atoms with Crippen molar-refractivity contribution in [3.63, 3.8) is 0 Å². The molecule has 0 saturated heterocycles. The van der Waals surface area contributed by atoms with Gasteiger partial charge < -0.3 is 14.2 Å². The molecule has 0 spiro atoms. The lowest BCUT2D eigenvalue weighted by atomic mass is 9.80. The fourth-order valence-corrected chi connectivity index (χ4v) is 20.1. The van der Waals surface area contributed by atoms with Gasteiger partial charge in [0.1, 0.15) is 5.58 Å². The number of anilines is 6. The SMILES string of the molecule is C=C/C=C\c1ccc2ccc(-c3ccc(N(c4ccc(C5=CC(c6cccc7c6ccc6ccc(-c8ccc(N(c9ccc(-c%10ccc%11ccc%12ccccc%12c%11c%10)cc9)c9ccc(C(CC=C)c%10coc%11ccccc%10%11)cc9)cc8)cc67)Cc6c5sc5ccccc65)cc4)c4ccc(-c5ccc6ccc7ccccc7c6c5)cc4)cc3)cc2c1. The maximum absolute atomic E-state index is 6.12. The Kier molecular flexibility index (Phi) is 18.1. The summed E-state index contributed by atoms with van der Waals surface area (Å²) in [4.78, 5) is 6.14. The lowest BCUT2D eigenvalue weighted by Crippen LogP contribution is -2.11. The molecule has 2 atom stereocenters. The Labute approximate surface area is 702 Å². The molecule has 1 aliphatic rings. The molecule has 566 valence electrons. The summed E-state index contributed by atoms with van der Waals surface area (Å²) in [5, 5.41) is 19.9. The van der Waals surface area contributed by atoms with Crippen molar-refractivity contribution >= 4 is 154 Å². The van der Waals surface area contributed by atoms with Gasteiger partial charge >= 0.3 is 0 Å². The van der Waals surface area contributed by atoms with Crippen molar-refractivity contribution < 1.29 is 4.42 Å². The second-order valence-corrected chi connectivity index (χ2v) is 32.9. The third-order valence-corrected chi connectivity index (χ3v) is 26.2. The van der Waals surface area contributed by atoms with Crippen LogP contribution in [0.1, 0.15) is 56.5 Å². The molecular formula is C116H80N2OS. The lowest BCUT2D eigenvalue weighted by molar-refractivity contribution is 0.606. The number of rotatable bonds is 18. The van der Waals surface area contributed by atoms with Crippen molar-refractivity contribution in [2.45, 2.75) is 24.7 Å². The van der Waals surface area contributed by atoms with E-state index < -0.39 is 0 Å². The van der Waals surface area contributed by atoms with Crippen LogP contribution in [0, 0.1) is 0 Å². The number of allylic oxidation sites excluding steroid dienone is 4. The van der Waals surface area contributed by atoms with Crippen molar-refractivity contribution in [3.8, 4) is 44.5 Å². The van der Waals surface area contributed by atoms with Gasteiger partial charge in [0.15, 0.2) is 0 Å². The molecule has 22 rings (SSSR count). The van der Waals surface area contributed by atoms with Crippen molar-refractivity contribution in [3.05, 3.63) is 470 Å². The first-order chi connectivity index (χ1) is 59.3. The van der Waals surface area contributed by atoms with Crippen LogP contribution in [0.25, 0.3) is 153 Å². The zero-order chi connectivity index (χ0) is 79.7. The molecule has 0 saturated carbocycles. The molecule has 2 heterocycles. The predicted octanol–water partition coefficient (Wildman–Crippen LogP) is 33.0. The molecule has 21 aromatic rings. The standard InChI is InChI=1S/C116H80N2OS/c1-3-5-16-75-27-28-80-29-37-88(68-92(80)67-75)76-41-54-94(55-42-76)118(97-58-45-78(46-59-97)90-39-35-85-33-31-82-18-7-9-20-102(82)109(85)70-90)99-64-51-87(52-65-99)111-72-93(73-112-107-22-11-13-26-115(107)120-116(111)112)103-23-14-24-104-105(103)66-53-86-36-40-91(71-110(86)104)79-47-60-96(61-48-79)117(98-62-49-83(50-63-98)100(15-4-2)113-74-119-114-25-12-10-21-106(113)114)95-56-43-77(44-57-95)89-38-34-84-32-30-81-17-6-8-19-101(81)108(84)69-89/h3-14,16-72,74,93,100H,1-2,15,73H2/b16-5-. The van der Waals surface area contributed by atoms with Gasteiger partial charge in [-0.1, -0.05) is 310 Å². The highest BCUT2D eigenvalue weighted by Crippen LogP contribution is 2.50. The second-order valence-electron chi connectivity index (χ2n) is 31.9. The van der Waals surface area contributed by atoms with Gasteiger partial charge in [-0.3, -0.25) is 0 Å². The quantitative estimate of drug-likeness (QED) is 0.0485. The van der Waals surface area contributed by atoms with E-state index in [4.69, 9.17) is 4.42 Å². The van der Waals surface area contributed by atoms with E-state index in [9.17, 15) is 0 Å². The number of para-hydroxylation sites is 1. The maximum atomic E-state index is 6.12. The van der Waals surface area contributed by atoms with E-state index in [1.807, 2.05) is 48.0 Å². The van der Waals surface area contributed by atoms with Crippen LogP contribution < -0.4 is 9.80 Å². The van der Waals surface area contributed by atoms with Crippen LogP contribution in [0.5, 0.6) is 0 Å². The molecule has 0 amide bonds. The average molecular weight is 1550 g/mol. The molecular weight excluding hydrogens is 1470 g/mol. The third-order valence-electron chi connectivity index (χ3n) is 24.9. The van der Waals surface area contributed by atoms with E-state index in [0.717, 1.165) is 74.6 Å². The topological polar surface area (TPSA) is 19.6 Å². The minimum absolute atomic E-state index is 0.0842. The van der Waals surface area contributed by atoms with Crippen LogP contribution >= 0.6 is 11.3 Å². The third kappa shape index (κ3) is 13.0. The summed E-state index contributed by atoms with van der Waals surface area (Å²) < 4.78 is 7.43. The second kappa shape index (κ2) is 30.3. The summed E-state index contributed by atoms with van der Waals surface area (Å²) in [6.45, 7) is 8.09. The first kappa shape index (κ1) is 71.6. The predicted molar refractivity (Wildman–Crippen MR) is 514 cm³/mol. The highest BCUT2D eigenvalue weighted by Gasteiger charge is 2.29. The molecule has 0 radical (unpaired) electrons. The molecule has 2 aromatic heterocycles. The number of fused-ring (bicyclic) bond motifs is 14. The van der Waals surface area contributed by atoms with Crippen molar-refractivity contribution in [1.82, 2.24) is 0 Å². The molecule has 0 fully saturated rings. The summed E-state index contributed by atoms with van der Waals surface area (Å²) in [5.74, 6) is 0.191. The van der Waals surface area contributed by atoms with Gasteiger partial charge in [0.05, 0.1) is 6.26 Å². The highest BCUT2D eigenvalue weighted by atomic mass is 32.1. The number of hydrogen-bond acceptors (Lipinski definition) is 4. The summed E-state index contributed by atoms with van der Waals surface area (Å²) in [5.41, 5.74) is 25.5. The molecule has 4 heteroatoms. The number of benzene rings is 19. The zero-order valence-corrected chi connectivity index (χ0v) is 66.9. The normalized spacial score (nSPS) is 13.1. The van der Waals surface area contributed by atoms with Crippen LogP contribution in [0.15, 0.2) is 436 Å². The summed E-state index contributed by atoms with van der Waals surface area (Å²) >= 11 is 1.92. The minimum Gasteiger partial charge on any atom is -0.464 e. The number of nitrogens with zero attached hydrogens (tertiary/aromatic N) is 2. The molecule has 2 unspecified atom stereocenters. The van der Waals surface area contributed by atoms with Crippen molar-refractivity contribution in [2.24, 2.45) is 0 Å². The Morgan fingerprint density at radius 2 is 0.767 bits per heavy atom. The van der Waals surface area contributed by atoms with Gasteiger partial charge in [-0.25, -0.2) is 0 Å². The van der Waals surface area contributed by atoms with Gasteiger partial charge in [0.2, 0.25) is 0 Å². The number of furan rings is 1.